The molecule has 1 aromatic heterocycles. The van der Waals surface area contributed by atoms with Gasteiger partial charge in [-0.05, 0) is 36.4 Å². The molecule has 0 saturated heterocycles. The van der Waals surface area contributed by atoms with Gasteiger partial charge in [-0.25, -0.2) is 9.18 Å². The predicted molar refractivity (Wildman–Crippen MR) is 91.1 cm³/mol. The van der Waals surface area contributed by atoms with Gasteiger partial charge in [0.2, 0.25) is 0 Å². The van der Waals surface area contributed by atoms with E-state index in [2.05, 4.69) is 10.3 Å². The summed E-state index contributed by atoms with van der Waals surface area (Å²) in [5.41, 5.74) is 6.27. The first-order chi connectivity index (χ1) is 12.9. The lowest BCUT2D eigenvalue weighted by atomic mass is 10.1. The summed E-state index contributed by atoms with van der Waals surface area (Å²) >= 11 is 0. The average Bonchev–Trinajstić information content (AvgIpc) is 3.16. The number of rotatable bonds is 5. The Labute approximate surface area is 151 Å². The van der Waals surface area contributed by atoms with Gasteiger partial charge < -0.3 is 15.1 Å². The second kappa shape index (κ2) is 7.44. The molecule has 3 rings (SSSR count). The Bertz CT molecular complexity index is 1010. The summed E-state index contributed by atoms with van der Waals surface area (Å²) in [6.07, 6.45) is 0. The smallest absolute Gasteiger partial charge is 0.380 e. The van der Waals surface area contributed by atoms with Crippen LogP contribution in [0.1, 0.15) is 16.1 Å². The minimum atomic E-state index is -0.919. The van der Waals surface area contributed by atoms with Gasteiger partial charge in [0.25, 0.3) is 5.69 Å². The van der Waals surface area contributed by atoms with Crippen LogP contribution < -0.4 is 5.73 Å². The number of non-ortho nitro benzene ring substituents is 1. The number of nitrogens with two attached hydrogens (primary N) is 1. The highest BCUT2D eigenvalue weighted by Crippen LogP contribution is 2.21. The highest BCUT2D eigenvalue weighted by molar-refractivity contribution is 5.98. The monoisotopic (exact) mass is 370 g/mol. The van der Waals surface area contributed by atoms with E-state index in [9.17, 15) is 19.3 Å². The number of nitro benzene ring substituents is 1. The lowest BCUT2D eigenvalue weighted by molar-refractivity contribution is -0.384. The van der Waals surface area contributed by atoms with Gasteiger partial charge in [0.1, 0.15) is 5.82 Å². The zero-order valence-electron chi connectivity index (χ0n) is 13.5. The number of nitrogens with zero attached hydrogens (tertiary/aromatic N) is 3. The molecular weight excluding hydrogens is 359 g/mol. The fourth-order valence-corrected chi connectivity index (χ4v) is 2.07. The number of aromatic nitrogens is 1. The van der Waals surface area contributed by atoms with Crippen LogP contribution in [-0.2, 0) is 4.84 Å². The maximum Gasteiger partial charge on any atom is 0.387 e. The van der Waals surface area contributed by atoms with E-state index in [-0.39, 0.29) is 23.0 Å². The topological polar surface area (TPSA) is 134 Å². The molecule has 0 spiro atoms. The number of hydrogen-bond acceptors (Lipinski definition) is 7. The summed E-state index contributed by atoms with van der Waals surface area (Å²) in [5.74, 6) is -1.24. The number of amidine groups is 1. The SMILES string of the molecule is N/C(=N\OC(=O)c1cc(-c2ccc(F)cc2)on1)c1ccc([N+](=O)[O-])cc1. The van der Waals surface area contributed by atoms with Crippen LogP contribution in [0.2, 0.25) is 0 Å². The highest BCUT2D eigenvalue weighted by Gasteiger charge is 2.16. The molecule has 0 atom stereocenters. The van der Waals surface area contributed by atoms with Gasteiger partial charge in [0.05, 0.1) is 4.92 Å². The van der Waals surface area contributed by atoms with Crippen molar-refractivity contribution in [3.05, 3.63) is 81.8 Å². The van der Waals surface area contributed by atoms with E-state index in [1.165, 1.54) is 54.6 Å². The molecule has 0 unspecified atom stereocenters. The maximum absolute atomic E-state index is 12.9. The van der Waals surface area contributed by atoms with Crippen molar-refractivity contribution >= 4 is 17.5 Å². The molecule has 0 bridgehead atoms. The Morgan fingerprint density at radius 1 is 1.19 bits per heavy atom. The van der Waals surface area contributed by atoms with Crippen LogP contribution in [0.3, 0.4) is 0 Å². The van der Waals surface area contributed by atoms with E-state index in [1.54, 1.807) is 0 Å². The number of nitro groups is 1. The molecule has 1 heterocycles. The van der Waals surface area contributed by atoms with Crippen LogP contribution in [0.25, 0.3) is 11.3 Å². The van der Waals surface area contributed by atoms with Crippen LogP contribution in [0.5, 0.6) is 0 Å². The van der Waals surface area contributed by atoms with Crippen LogP contribution in [0.15, 0.2) is 64.3 Å². The minimum Gasteiger partial charge on any atom is -0.380 e. The molecule has 3 aromatic rings. The molecule has 0 fully saturated rings. The number of halogens is 1. The molecule has 0 radical (unpaired) electrons. The summed E-state index contributed by atoms with van der Waals surface area (Å²) in [6, 6.07) is 12.0. The molecule has 27 heavy (non-hydrogen) atoms. The molecule has 136 valence electrons. The van der Waals surface area contributed by atoms with Gasteiger partial charge in [-0.3, -0.25) is 10.1 Å². The first kappa shape index (κ1) is 17.7. The van der Waals surface area contributed by atoms with Crippen LogP contribution in [-0.4, -0.2) is 21.9 Å². The molecule has 2 aromatic carbocycles. The Hall–Kier alpha value is -4.08. The molecule has 0 amide bonds. The lowest BCUT2D eigenvalue weighted by Gasteiger charge is -1.99. The first-order valence-corrected chi connectivity index (χ1v) is 7.46. The zero-order valence-corrected chi connectivity index (χ0v) is 13.5. The van der Waals surface area contributed by atoms with E-state index < -0.39 is 16.7 Å². The second-order valence-corrected chi connectivity index (χ2v) is 5.24. The minimum absolute atomic E-state index is 0.112. The molecule has 0 aliphatic rings. The summed E-state index contributed by atoms with van der Waals surface area (Å²) in [5, 5.41) is 17.7. The number of carbonyl (C=O) groups excluding carboxylic acids is 1. The molecule has 10 heteroatoms. The van der Waals surface area contributed by atoms with Gasteiger partial charge in [-0.1, -0.05) is 10.3 Å². The fraction of sp³-hybridized carbons (Fsp3) is 0. The van der Waals surface area contributed by atoms with Gasteiger partial charge >= 0.3 is 5.97 Å². The van der Waals surface area contributed by atoms with Crippen molar-refractivity contribution in [1.29, 1.82) is 0 Å². The first-order valence-electron chi connectivity index (χ1n) is 7.46. The molecule has 9 nitrogen and oxygen atoms in total. The van der Waals surface area contributed by atoms with E-state index >= 15 is 0 Å². The largest absolute Gasteiger partial charge is 0.387 e. The van der Waals surface area contributed by atoms with Crippen molar-refractivity contribution in [1.82, 2.24) is 5.16 Å². The van der Waals surface area contributed by atoms with Crippen molar-refractivity contribution in [3.63, 3.8) is 0 Å². The summed E-state index contributed by atoms with van der Waals surface area (Å²) < 4.78 is 18.0. The van der Waals surface area contributed by atoms with Gasteiger partial charge in [-0.15, -0.1) is 0 Å². The van der Waals surface area contributed by atoms with E-state index in [0.717, 1.165) is 0 Å². The molecular formula is C17H11FN4O5. The Morgan fingerprint density at radius 2 is 1.85 bits per heavy atom. The second-order valence-electron chi connectivity index (χ2n) is 5.24. The number of hydrogen-bond donors (Lipinski definition) is 1. The van der Waals surface area contributed by atoms with Crippen molar-refractivity contribution in [2.45, 2.75) is 0 Å². The fourth-order valence-electron chi connectivity index (χ4n) is 2.07. The van der Waals surface area contributed by atoms with Crippen molar-refractivity contribution in [2.24, 2.45) is 10.9 Å². The third-order valence-corrected chi connectivity index (χ3v) is 3.45. The summed E-state index contributed by atoms with van der Waals surface area (Å²) in [6.45, 7) is 0. The summed E-state index contributed by atoms with van der Waals surface area (Å²) in [4.78, 5) is 26.7. The Balaban J connectivity index is 1.69. The summed E-state index contributed by atoms with van der Waals surface area (Å²) in [7, 11) is 0. The van der Waals surface area contributed by atoms with Crippen LogP contribution in [0.4, 0.5) is 10.1 Å². The molecule has 2 N–H and O–H groups in total. The maximum atomic E-state index is 12.9. The molecule has 0 aliphatic heterocycles. The van der Waals surface area contributed by atoms with E-state index in [0.29, 0.717) is 11.1 Å². The average molecular weight is 370 g/mol. The van der Waals surface area contributed by atoms with Crippen LogP contribution >= 0.6 is 0 Å². The van der Waals surface area contributed by atoms with Crippen molar-refractivity contribution in [3.8, 4) is 11.3 Å². The predicted octanol–water partition coefficient (Wildman–Crippen LogP) is 2.87. The number of benzene rings is 2. The van der Waals surface area contributed by atoms with E-state index in [4.69, 9.17) is 15.1 Å². The molecule has 0 saturated carbocycles. The van der Waals surface area contributed by atoms with Gasteiger partial charge in [0.15, 0.2) is 17.3 Å². The van der Waals surface area contributed by atoms with Gasteiger partial charge in [-0.2, -0.15) is 0 Å². The standard InChI is InChI=1S/C17H11FN4O5/c18-12-5-1-10(2-6-12)15-9-14(20-26-15)17(23)27-21-16(19)11-3-7-13(8-4-11)22(24)25/h1-9H,(H2,19,21). The van der Waals surface area contributed by atoms with Crippen molar-refractivity contribution < 1.29 is 23.5 Å². The quantitative estimate of drug-likeness (QED) is 0.240. The lowest BCUT2D eigenvalue weighted by Crippen LogP contribution is -2.15. The normalized spacial score (nSPS) is 11.2. The van der Waals surface area contributed by atoms with Crippen LogP contribution in [0, 0.1) is 15.9 Å². The molecule has 0 aliphatic carbocycles. The number of oxime groups is 1. The zero-order chi connectivity index (χ0) is 19.4. The van der Waals surface area contributed by atoms with Gasteiger partial charge in [0, 0.05) is 29.3 Å². The Kier molecular flexibility index (Phi) is 4.88. The third kappa shape index (κ3) is 4.12. The highest BCUT2D eigenvalue weighted by atomic mass is 19.1. The van der Waals surface area contributed by atoms with Crippen molar-refractivity contribution in [2.75, 3.05) is 0 Å². The van der Waals surface area contributed by atoms with E-state index in [1.807, 2.05) is 0 Å². The third-order valence-electron chi connectivity index (χ3n) is 3.45. The number of carbonyl (C=O) groups is 1. The Morgan fingerprint density at radius 3 is 2.48 bits per heavy atom.